The fraction of sp³-hybridized carbons (Fsp3) is 0.0263. The summed E-state index contributed by atoms with van der Waals surface area (Å²) in [5, 5.41) is 15.0. The number of hydrogen-bond acceptors (Lipinski definition) is 1. The van der Waals surface area contributed by atoms with Crippen molar-refractivity contribution in [2.24, 2.45) is 0 Å². The van der Waals surface area contributed by atoms with Crippen LogP contribution in [-0.2, 0) is 6.18 Å². The fourth-order valence-corrected chi connectivity index (χ4v) is 6.48. The molecule has 0 atom stereocenters. The molecule has 0 aliphatic heterocycles. The second-order valence-electron chi connectivity index (χ2n) is 10.8. The van der Waals surface area contributed by atoms with Crippen molar-refractivity contribution >= 4 is 43.6 Å². The Balaban J connectivity index is 1.55. The molecule has 0 amide bonds. The van der Waals surface area contributed by atoms with Gasteiger partial charge in [-0.3, -0.25) is 0 Å². The first-order valence-corrected chi connectivity index (χ1v) is 14.2. The highest BCUT2D eigenvalue weighted by molar-refractivity contribution is 6.11. The molecule has 0 saturated carbocycles. The van der Waals surface area contributed by atoms with E-state index in [1.807, 2.05) is 109 Å². The van der Waals surface area contributed by atoms with Crippen molar-refractivity contribution in [2.45, 2.75) is 6.18 Å². The highest BCUT2D eigenvalue weighted by Crippen LogP contribution is 2.40. The van der Waals surface area contributed by atoms with E-state index in [2.05, 4.69) is 15.2 Å². The zero-order chi connectivity index (χ0) is 30.0. The second kappa shape index (κ2) is 9.62. The molecular weight excluding hydrogens is 555 g/mol. The maximum atomic E-state index is 13.9. The van der Waals surface area contributed by atoms with Gasteiger partial charge in [0.2, 0.25) is 0 Å². The van der Waals surface area contributed by atoms with Crippen LogP contribution >= 0.6 is 0 Å². The molecule has 0 unspecified atom stereocenters. The average molecular weight is 578 g/mol. The van der Waals surface area contributed by atoms with E-state index in [0.29, 0.717) is 28.1 Å². The van der Waals surface area contributed by atoms with E-state index in [-0.39, 0.29) is 0 Å². The number of alkyl halides is 3. The Morgan fingerprint density at radius 1 is 0.477 bits per heavy atom. The van der Waals surface area contributed by atoms with Crippen LogP contribution in [0.5, 0.6) is 0 Å². The van der Waals surface area contributed by atoms with Gasteiger partial charge in [0.15, 0.2) is 0 Å². The van der Waals surface area contributed by atoms with Crippen LogP contribution in [0, 0.1) is 11.3 Å². The first-order chi connectivity index (χ1) is 21.4. The molecule has 0 spiro atoms. The van der Waals surface area contributed by atoms with Gasteiger partial charge in [-0.05, 0) is 59.7 Å². The lowest BCUT2D eigenvalue weighted by Crippen LogP contribution is -2.06. The Bertz CT molecular complexity index is 2210. The van der Waals surface area contributed by atoms with Gasteiger partial charge in [-0.25, -0.2) is 0 Å². The lowest BCUT2D eigenvalue weighted by molar-refractivity contribution is -0.137. The number of benzene rings is 6. The molecule has 0 fully saturated rings. The Labute approximate surface area is 250 Å². The third-order valence-electron chi connectivity index (χ3n) is 8.37. The molecule has 0 aliphatic rings. The van der Waals surface area contributed by atoms with Crippen LogP contribution in [0.2, 0.25) is 0 Å². The van der Waals surface area contributed by atoms with Crippen molar-refractivity contribution in [3.05, 3.63) is 145 Å². The molecule has 0 radical (unpaired) electrons. The van der Waals surface area contributed by atoms with Crippen LogP contribution in [0.3, 0.4) is 0 Å². The standard InChI is InChI=1S/C38H22F3N3/c39-38(40,41)26-11-9-10-24(20-26)25-21-36(43-32-16-5-1-12-27(32)28-13-2-6-17-33(28)43)31(23-42)37(22-25)44-34-18-7-3-14-29(34)30-15-4-8-19-35(30)44/h1-22H. The normalized spacial score (nSPS) is 12.0. The average Bonchev–Trinajstić information content (AvgIpc) is 3.57. The number of fused-ring (bicyclic) bond motifs is 6. The zero-order valence-electron chi connectivity index (χ0n) is 23.2. The molecule has 2 aromatic heterocycles. The smallest absolute Gasteiger partial charge is 0.308 e. The predicted molar refractivity (Wildman–Crippen MR) is 170 cm³/mol. The molecular formula is C38H22F3N3. The van der Waals surface area contributed by atoms with Crippen LogP contribution in [0.4, 0.5) is 13.2 Å². The number of hydrogen-bond donors (Lipinski definition) is 0. The van der Waals surface area contributed by atoms with Crippen LogP contribution in [0.15, 0.2) is 133 Å². The molecule has 0 N–H and O–H groups in total. The molecule has 8 aromatic rings. The van der Waals surface area contributed by atoms with Crippen LogP contribution in [-0.4, -0.2) is 9.13 Å². The highest BCUT2D eigenvalue weighted by atomic mass is 19.4. The van der Waals surface area contributed by atoms with E-state index in [1.54, 1.807) is 6.07 Å². The SMILES string of the molecule is N#Cc1c(-n2c3ccccc3c3ccccc32)cc(-c2cccc(C(F)(F)F)c2)cc1-n1c2ccccc2c2ccccc21. The van der Waals surface area contributed by atoms with E-state index in [4.69, 9.17) is 0 Å². The van der Waals surface area contributed by atoms with Gasteiger partial charge in [-0.2, -0.15) is 18.4 Å². The minimum Gasteiger partial charge on any atom is -0.308 e. The van der Waals surface area contributed by atoms with Crippen molar-refractivity contribution in [2.75, 3.05) is 0 Å². The van der Waals surface area contributed by atoms with Crippen LogP contribution in [0.25, 0.3) is 66.1 Å². The number of halogens is 3. The molecule has 8 rings (SSSR count). The van der Waals surface area contributed by atoms with E-state index >= 15 is 0 Å². The summed E-state index contributed by atoms with van der Waals surface area (Å²) in [6.07, 6.45) is -4.49. The van der Waals surface area contributed by atoms with Gasteiger partial charge in [0.05, 0.1) is 39.0 Å². The minimum absolute atomic E-state index is 0.411. The van der Waals surface area contributed by atoms with E-state index < -0.39 is 11.7 Å². The first-order valence-electron chi connectivity index (χ1n) is 14.2. The maximum Gasteiger partial charge on any atom is 0.416 e. The summed E-state index contributed by atoms with van der Waals surface area (Å²) in [5.41, 5.74) is 5.47. The monoisotopic (exact) mass is 577 g/mol. The number of aromatic nitrogens is 2. The summed E-state index contributed by atoms with van der Waals surface area (Å²) in [5.74, 6) is 0. The fourth-order valence-electron chi connectivity index (χ4n) is 6.48. The Morgan fingerprint density at radius 3 is 1.27 bits per heavy atom. The number of nitrogens with zero attached hydrogens (tertiary/aromatic N) is 3. The van der Waals surface area contributed by atoms with Crippen LogP contribution < -0.4 is 0 Å². The minimum atomic E-state index is -4.49. The molecule has 0 aliphatic carbocycles. The van der Waals surface area contributed by atoms with Gasteiger partial charge in [-0.15, -0.1) is 0 Å². The third kappa shape index (κ3) is 3.83. The number of para-hydroxylation sites is 4. The van der Waals surface area contributed by atoms with Gasteiger partial charge in [0.25, 0.3) is 0 Å². The first kappa shape index (κ1) is 25.9. The summed E-state index contributed by atoms with van der Waals surface area (Å²) in [6.45, 7) is 0. The molecule has 2 heterocycles. The summed E-state index contributed by atoms with van der Waals surface area (Å²) < 4.78 is 45.7. The lowest BCUT2D eigenvalue weighted by Gasteiger charge is -2.19. The summed E-state index contributed by atoms with van der Waals surface area (Å²) in [6, 6.07) is 43.5. The Kier molecular flexibility index (Phi) is 5.65. The number of rotatable bonds is 3. The highest BCUT2D eigenvalue weighted by Gasteiger charge is 2.31. The summed E-state index contributed by atoms with van der Waals surface area (Å²) in [4.78, 5) is 0. The van der Waals surface area contributed by atoms with Crippen molar-refractivity contribution in [3.8, 4) is 28.6 Å². The quantitative estimate of drug-likeness (QED) is 0.206. The molecule has 44 heavy (non-hydrogen) atoms. The second-order valence-corrected chi connectivity index (χ2v) is 10.8. The van der Waals surface area contributed by atoms with Gasteiger partial charge in [-0.1, -0.05) is 84.9 Å². The molecule has 0 saturated heterocycles. The maximum absolute atomic E-state index is 13.9. The van der Waals surface area contributed by atoms with E-state index in [1.165, 1.54) is 12.1 Å². The van der Waals surface area contributed by atoms with Crippen molar-refractivity contribution < 1.29 is 13.2 Å². The van der Waals surface area contributed by atoms with Gasteiger partial charge in [0, 0.05) is 21.5 Å². The molecule has 6 heteroatoms. The summed E-state index contributed by atoms with van der Waals surface area (Å²) >= 11 is 0. The molecule has 210 valence electrons. The molecule has 0 bridgehead atoms. The summed E-state index contributed by atoms with van der Waals surface area (Å²) in [7, 11) is 0. The third-order valence-corrected chi connectivity index (χ3v) is 8.37. The topological polar surface area (TPSA) is 33.6 Å². The van der Waals surface area contributed by atoms with Gasteiger partial charge < -0.3 is 9.13 Å². The Morgan fingerprint density at radius 2 is 0.886 bits per heavy atom. The van der Waals surface area contributed by atoms with Crippen LogP contribution in [0.1, 0.15) is 11.1 Å². The van der Waals surface area contributed by atoms with E-state index in [0.717, 1.165) is 49.7 Å². The molecule has 3 nitrogen and oxygen atoms in total. The van der Waals surface area contributed by atoms with Crippen molar-refractivity contribution in [1.29, 1.82) is 5.26 Å². The van der Waals surface area contributed by atoms with Gasteiger partial charge >= 0.3 is 6.18 Å². The number of nitriles is 1. The lowest BCUT2D eigenvalue weighted by atomic mass is 9.98. The molecule has 6 aromatic carbocycles. The predicted octanol–water partition coefficient (Wildman–Crippen LogP) is 10.4. The van der Waals surface area contributed by atoms with Crippen molar-refractivity contribution in [3.63, 3.8) is 0 Å². The van der Waals surface area contributed by atoms with Gasteiger partial charge in [0.1, 0.15) is 11.6 Å². The van der Waals surface area contributed by atoms with E-state index in [9.17, 15) is 18.4 Å². The zero-order valence-corrected chi connectivity index (χ0v) is 23.2. The Hall–Kier alpha value is -5.80. The largest absolute Gasteiger partial charge is 0.416 e. The van der Waals surface area contributed by atoms with Crippen molar-refractivity contribution in [1.82, 2.24) is 9.13 Å².